The fourth-order valence-corrected chi connectivity index (χ4v) is 5.25. The van der Waals surface area contributed by atoms with Crippen molar-refractivity contribution >= 4 is 22.2 Å². The Labute approximate surface area is 181 Å². The first kappa shape index (κ1) is 20.6. The molecule has 1 aliphatic heterocycles. The van der Waals surface area contributed by atoms with Crippen molar-refractivity contribution in [1.82, 2.24) is 5.32 Å². The molecule has 0 aromatic heterocycles. The summed E-state index contributed by atoms with van der Waals surface area (Å²) in [7, 11) is -1.13. The molecular formula is C25H28N2O2S. The average molecular weight is 421 g/mol. The molecular weight excluding hydrogens is 392 g/mol. The van der Waals surface area contributed by atoms with Crippen LogP contribution < -0.4 is 15.0 Å². The molecule has 30 heavy (non-hydrogen) atoms. The second-order valence-electron chi connectivity index (χ2n) is 7.51. The number of nitrogens with zero attached hydrogens (tertiary/aromatic N) is 1. The van der Waals surface area contributed by atoms with Crippen molar-refractivity contribution in [3.63, 3.8) is 0 Å². The SMILES string of the molecule is Cc1ccc2c(c1C)N(CCCNCCOc1ccccc1)c1ccccc1S2=O. The summed E-state index contributed by atoms with van der Waals surface area (Å²) in [6, 6.07) is 22.0. The van der Waals surface area contributed by atoms with Gasteiger partial charge in [-0.1, -0.05) is 36.4 Å². The van der Waals surface area contributed by atoms with Crippen LogP contribution in [0.1, 0.15) is 17.5 Å². The van der Waals surface area contributed by atoms with Crippen LogP contribution in [-0.4, -0.2) is 30.5 Å². The van der Waals surface area contributed by atoms with Crippen molar-refractivity contribution in [2.75, 3.05) is 31.1 Å². The van der Waals surface area contributed by atoms with Crippen molar-refractivity contribution in [2.24, 2.45) is 0 Å². The Bertz CT molecular complexity index is 1040. The lowest BCUT2D eigenvalue weighted by atomic mass is 10.1. The van der Waals surface area contributed by atoms with Crippen LogP contribution in [0.3, 0.4) is 0 Å². The standard InChI is InChI=1S/C25H28N2O2S/c1-19-13-14-24-25(20(19)2)27(22-11-6-7-12-23(22)30(24)28)17-8-15-26-16-18-29-21-9-4-3-5-10-21/h3-7,9-14,26H,8,15-18H2,1-2H3. The van der Waals surface area contributed by atoms with E-state index in [0.29, 0.717) is 6.61 Å². The van der Waals surface area contributed by atoms with Crippen LogP contribution in [0.5, 0.6) is 5.75 Å². The van der Waals surface area contributed by atoms with Crippen molar-refractivity contribution in [1.29, 1.82) is 0 Å². The van der Waals surface area contributed by atoms with Crippen molar-refractivity contribution in [3.05, 3.63) is 77.9 Å². The first-order valence-electron chi connectivity index (χ1n) is 10.4. The fourth-order valence-electron chi connectivity index (χ4n) is 3.81. The van der Waals surface area contributed by atoms with Gasteiger partial charge in [-0.05, 0) is 68.3 Å². The molecule has 1 unspecified atom stereocenters. The van der Waals surface area contributed by atoms with E-state index < -0.39 is 10.8 Å². The largest absolute Gasteiger partial charge is 0.492 e. The molecule has 0 saturated carbocycles. The molecule has 3 aromatic carbocycles. The van der Waals surface area contributed by atoms with Gasteiger partial charge in [0.1, 0.15) is 12.4 Å². The molecule has 1 heterocycles. The van der Waals surface area contributed by atoms with Crippen molar-refractivity contribution < 1.29 is 8.95 Å². The number of ether oxygens (including phenoxy) is 1. The van der Waals surface area contributed by atoms with Crippen LogP contribution in [0.25, 0.3) is 0 Å². The van der Waals surface area contributed by atoms with Gasteiger partial charge in [0.2, 0.25) is 0 Å². The number of para-hydroxylation sites is 2. The molecule has 0 bridgehead atoms. The third kappa shape index (κ3) is 4.27. The van der Waals surface area contributed by atoms with Gasteiger partial charge in [0, 0.05) is 13.1 Å². The van der Waals surface area contributed by atoms with E-state index in [-0.39, 0.29) is 0 Å². The zero-order valence-corrected chi connectivity index (χ0v) is 18.4. The first-order chi connectivity index (χ1) is 14.7. The second-order valence-corrected chi connectivity index (χ2v) is 8.92. The third-order valence-electron chi connectivity index (χ3n) is 5.52. The molecule has 0 radical (unpaired) electrons. The lowest BCUT2D eigenvalue weighted by Crippen LogP contribution is -2.29. The van der Waals surface area contributed by atoms with Crippen molar-refractivity contribution in [3.8, 4) is 5.75 Å². The smallest absolute Gasteiger partial charge is 0.119 e. The highest BCUT2D eigenvalue weighted by Gasteiger charge is 2.29. The molecule has 4 nitrogen and oxygen atoms in total. The zero-order valence-electron chi connectivity index (χ0n) is 17.6. The molecule has 1 N–H and O–H groups in total. The molecule has 0 spiro atoms. The summed E-state index contributed by atoms with van der Waals surface area (Å²) in [4.78, 5) is 4.16. The molecule has 5 heteroatoms. The molecule has 156 valence electrons. The molecule has 1 atom stereocenters. The van der Waals surface area contributed by atoms with Gasteiger partial charge in [0.25, 0.3) is 0 Å². The second kappa shape index (κ2) is 9.45. The van der Waals surface area contributed by atoms with E-state index in [1.54, 1.807) is 0 Å². The minimum absolute atomic E-state index is 0.649. The normalized spacial score (nSPS) is 14.9. The summed E-state index contributed by atoms with van der Waals surface area (Å²) >= 11 is 0. The third-order valence-corrected chi connectivity index (χ3v) is 6.99. The van der Waals surface area contributed by atoms with Gasteiger partial charge in [-0.15, -0.1) is 0 Å². The molecule has 0 fully saturated rings. The van der Waals surface area contributed by atoms with Gasteiger partial charge in [0.15, 0.2) is 0 Å². The van der Waals surface area contributed by atoms with Gasteiger partial charge < -0.3 is 15.0 Å². The zero-order chi connectivity index (χ0) is 20.9. The maximum Gasteiger partial charge on any atom is 0.119 e. The Balaban J connectivity index is 1.39. The summed E-state index contributed by atoms with van der Waals surface area (Å²) in [6.45, 7) is 7.48. The summed E-state index contributed by atoms with van der Waals surface area (Å²) in [5.41, 5.74) is 4.61. The number of benzene rings is 3. The monoisotopic (exact) mass is 420 g/mol. The molecule has 0 aliphatic carbocycles. The van der Waals surface area contributed by atoms with Crippen LogP contribution in [0.2, 0.25) is 0 Å². The average Bonchev–Trinajstić information content (AvgIpc) is 2.78. The number of aryl methyl sites for hydroxylation is 1. The number of hydrogen-bond acceptors (Lipinski definition) is 4. The minimum atomic E-state index is -1.13. The van der Waals surface area contributed by atoms with Crippen LogP contribution in [-0.2, 0) is 10.8 Å². The van der Waals surface area contributed by atoms with Gasteiger partial charge >= 0.3 is 0 Å². The summed E-state index contributed by atoms with van der Waals surface area (Å²) in [5.74, 6) is 0.902. The highest BCUT2D eigenvalue weighted by atomic mass is 32.2. The van der Waals surface area contributed by atoms with Crippen LogP contribution in [0.4, 0.5) is 11.4 Å². The Morgan fingerprint density at radius 2 is 1.67 bits per heavy atom. The molecule has 4 rings (SSSR count). The Morgan fingerprint density at radius 1 is 0.900 bits per heavy atom. The molecule has 0 saturated heterocycles. The lowest BCUT2D eigenvalue weighted by Gasteiger charge is -2.34. The maximum atomic E-state index is 13.1. The number of nitrogens with one attached hydrogen (secondary N) is 1. The number of rotatable bonds is 8. The fraction of sp³-hybridized carbons (Fsp3) is 0.280. The molecule has 1 aliphatic rings. The van der Waals surface area contributed by atoms with Crippen LogP contribution in [0.15, 0.2) is 76.5 Å². The van der Waals surface area contributed by atoms with E-state index in [2.05, 4.69) is 36.2 Å². The Kier molecular flexibility index (Phi) is 6.50. The van der Waals surface area contributed by atoms with E-state index in [1.807, 2.05) is 54.6 Å². The summed E-state index contributed by atoms with van der Waals surface area (Å²) in [5, 5.41) is 3.47. The topological polar surface area (TPSA) is 41.6 Å². The lowest BCUT2D eigenvalue weighted by molar-refractivity contribution is 0.314. The van der Waals surface area contributed by atoms with E-state index in [9.17, 15) is 4.21 Å². The van der Waals surface area contributed by atoms with Gasteiger partial charge in [-0.3, -0.25) is 0 Å². The predicted octanol–water partition coefficient (Wildman–Crippen LogP) is 4.98. The van der Waals surface area contributed by atoms with Crippen LogP contribution in [0, 0.1) is 13.8 Å². The first-order valence-corrected chi connectivity index (χ1v) is 11.6. The Morgan fingerprint density at radius 3 is 2.50 bits per heavy atom. The Hall–Kier alpha value is -2.63. The molecule has 0 amide bonds. The number of hydrogen-bond donors (Lipinski definition) is 1. The van der Waals surface area contributed by atoms with E-state index in [0.717, 1.165) is 53.0 Å². The maximum absolute atomic E-state index is 13.1. The molecule has 3 aromatic rings. The summed E-state index contributed by atoms with van der Waals surface area (Å²) in [6.07, 6.45) is 0.985. The van der Waals surface area contributed by atoms with Gasteiger partial charge in [-0.25, -0.2) is 4.21 Å². The van der Waals surface area contributed by atoms with Gasteiger partial charge in [0.05, 0.1) is 32.0 Å². The highest BCUT2D eigenvalue weighted by molar-refractivity contribution is 7.85. The van der Waals surface area contributed by atoms with E-state index in [4.69, 9.17) is 4.74 Å². The minimum Gasteiger partial charge on any atom is -0.492 e. The van der Waals surface area contributed by atoms with E-state index in [1.165, 1.54) is 11.1 Å². The van der Waals surface area contributed by atoms with Crippen molar-refractivity contribution in [2.45, 2.75) is 30.1 Å². The predicted molar refractivity (Wildman–Crippen MR) is 123 cm³/mol. The number of anilines is 2. The number of fused-ring (bicyclic) bond motifs is 2. The summed E-state index contributed by atoms with van der Waals surface area (Å²) < 4.78 is 18.9. The highest BCUT2D eigenvalue weighted by Crippen LogP contribution is 2.44. The van der Waals surface area contributed by atoms with E-state index >= 15 is 0 Å². The van der Waals surface area contributed by atoms with Gasteiger partial charge in [-0.2, -0.15) is 0 Å². The van der Waals surface area contributed by atoms with Crippen LogP contribution >= 0.6 is 0 Å². The quantitative estimate of drug-likeness (QED) is 0.522.